The fourth-order valence-corrected chi connectivity index (χ4v) is 3.65. The predicted octanol–water partition coefficient (Wildman–Crippen LogP) is 2.10. The van der Waals surface area contributed by atoms with Gasteiger partial charge in [0.1, 0.15) is 12.3 Å². The van der Waals surface area contributed by atoms with E-state index < -0.39 is 4.92 Å². The van der Waals surface area contributed by atoms with Gasteiger partial charge in [0.15, 0.2) is 11.5 Å². The summed E-state index contributed by atoms with van der Waals surface area (Å²) in [6.45, 7) is 2.67. The van der Waals surface area contributed by atoms with Crippen LogP contribution >= 0.6 is 0 Å². The molecule has 7 nitrogen and oxygen atoms in total. The molecule has 2 aromatic carbocycles. The highest BCUT2D eigenvalue weighted by Crippen LogP contribution is 2.39. The average Bonchev–Trinajstić information content (AvgIpc) is 3.27. The Hall–Kier alpha value is -3.19. The van der Waals surface area contributed by atoms with Crippen LogP contribution in [0.3, 0.4) is 0 Å². The van der Waals surface area contributed by atoms with Crippen molar-refractivity contribution in [1.82, 2.24) is 0 Å². The molecule has 2 heterocycles. The predicted molar refractivity (Wildman–Crippen MR) is 97.8 cm³/mol. The third-order valence-electron chi connectivity index (χ3n) is 5.03. The number of rotatable bonds is 4. The number of phenolic OH excluding ortho intramolecular Hbond substituents is 1. The number of nitro benzene ring substituents is 1. The number of non-ortho nitro benzene ring substituents is 1. The van der Waals surface area contributed by atoms with Gasteiger partial charge in [-0.05, 0) is 23.8 Å². The number of allylic oxidation sites excluding steroid dienone is 1. The summed E-state index contributed by atoms with van der Waals surface area (Å²) in [7, 11) is 0. The van der Waals surface area contributed by atoms with Crippen LogP contribution in [0.2, 0.25) is 0 Å². The van der Waals surface area contributed by atoms with Crippen LogP contribution in [0.15, 0.2) is 42.2 Å². The van der Waals surface area contributed by atoms with E-state index in [4.69, 9.17) is 4.74 Å². The largest absolute Gasteiger partial charge is 0.507 e. The Balaban J connectivity index is 1.67. The summed E-state index contributed by atoms with van der Waals surface area (Å²) >= 11 is 0. The Morgan fingerprint density at radius 1 is 1.22 bits per heavy atom. The Bertz CT molecular complexity index is 961. The molecular formula is C20H19N2O5+. The number of Topliss-reactive ketones (excluding diaryl/α,β-unsaturated/α-hetero) is 1. The maximum Gasteiger partial charge on any atom is 0.270 e. The molecule has 138 valence electrons. The fraction of sp³-hybridized carbons (Fsp3) is 0.250. The standard InChI is InChI=1S/C20H18N2O5/c23-17-7-6-15-19(24)18(11-13-4-3-5-14(10-13)22(25)26)27-20(15)16(17)12-21-8-1-2-9-21/h3-7,10-11,23H,1-2,8-9,12H2/p+1/b18-11-. The van der Waals surface area contributed by atoms with Gasteiger partial charge >= 0.3 is 0 Å². The van der Waals surface area contributed by atoms with E-state index in [1.54, 1.807) is 18.2 Å². The zero-order chi connectivity index (χ0) is 19.0. The summed E-state index contributed by atoms with van der Waals surface area (Å²) in [6.07, 6.45) is 3.81. The van der Waals surface area contributed by atoms with Crippen molar-refractivity contribution in [2.45, 2.75) is 19.4 Å². The molecule has 0 bridgehead atoms. The number of nitrogens with zero attached hydrogens (tertiary/aromatic N) is 1. The van der Waals surface area contributed by atoms with Gasteiger partial charge in [-0.15, -0.1) is 0 Å². The third-order valence-corrected chi connectivity index (χ3v) is 5.03. The summed E-state index contributed by atoms with van der Waals surface area (Å²) < 4.78 is 5.81. The average molecular weight is 367 g/mol. The van der Waals surface area contributed by atoms with Crippen molar-refractivity contribution >= 4 is 17.5 Å². The summed E-state index contributed by atoms with van der Waals surface area (Å²) in [5.41, 5.74) is 1.51. The van der Waals surface area contributed by atoms with Gasteiger partial charge < -0.3 is 14.7 Å². The van der Waals surface area contributed by atoms with Crippen LogP contribution in [0.5, 0.6) is 11.5 Å². The minimum atomic E-state index is -0.483. The molecule has 0 aromatic heterocycles. The molecule has 0 spiro atoms. The van der Waals surface area contributed by atoms with Crippen molar-refractivity contribution in [2.75, 3.05) is 13.1 Å². The highest BCUT2D eigenvalue weighted by molar-refractivity contribution is 6.15. The molecule has 0 radical (unpaired) electrons. The summed E-state index contributed by atoms with van der Waals surface area (Å²) in [4.78, 5) is 24.5. The van der Waals surface area contributed by atoms with Gasteiger partial charge in [-0.25, -0.2) is 0 Å². The van der Waals surface area contributed by atoms with Crippen LogP contribution in [-0.4, -0.2) is 28.9 Å². The molecule has 0 atom stereocenters. The van der Waals surface area contributed by atoms with Crippen molar-refractivity contribution in [3.05, 3.63) is 69.0 Å². The number of hydrogen-bond donors (Lipinski definition) is 2. The number of phenols is 1. The number of likely N-dealkylation sites (tertiary alicyclic amines) is 1. The molecule has 1 fully saturated rings. The zero-order valence-corrected chi connectivity index (χ0v) is 14.6. The molecule has 2 aromatic rings. The van der Waals surface area contributed by atoms with E-state index in [0.717, 1.165) is 25.9 Å². The van der Waals surface area contributed by atoms with Gasteiger partial charge in [-0.3, -0.25) is 14.9 Å². The highest BCUT2D eigenvalue weighted by Gasteiger charge is 2.33. The van der Waals surface area contributed by atoms with E-state index in [1.807, 2.05) is 0 Å². The second-order valence-electron chi connectivity index (χ2n) is 6.87. The number of benzene rings is 2. The van der Waals surface area contributed by atoms with Crippen molar-refractivity contribution in [3.63, 3.8) is 0 Å². The lowest BCUT2D eigenvalue weighted by atomic mass is 10.0. The number of ketones is 1. The van der Waals surface area contributed by atoms with E-state index in [9.17, 15) is 20.0 Å². The third kappa shape index (κ3) is 3.29. The molecule has 0 saturated carbocycles. The van der Waals surface area contributed by atoms with Gasteiger partial charge in [0.25, 0.3) is 5.69 Å². The van der Waals surface area contributed by atoms with Crippen LogP contribution in [-0.2, 0) is 6.54 Å². The van der Waals surface area contributed by atoms with Crippen LogP contribution in [0, 0.1) is 10.1 Å². The van der Waals surface area contributed by atoms with Gasteiger partial charge in [-0.2, -0.15) is 0 Å². The molecule has 2 N–H and O–H groups in total. The molecule has 0 aliphatic carbocycles. The van der Waals surface area contributed by atoms with Gasteiger partial charge in [0.2, 0.25) is 5.78 Å². The molecule has 4 rings (SSSR count). The summed E-state index contributed by atoms with van der Waals surface area (Å²) in [6, 6.07) is 9.10. The van der Waals surface area contributed by atoms with Gasteiger partial charge in [0.05, 0.1) is 29.1 Å². The lowest BCUT2D eigenvalue weighted by Gasteiger charge is -2.15. The Morgan fingerprint density at radius 3 is 2.74 bits per heavy atom. The number of carbonyl (C=O) groups excluding carboxylic acids is 1. The maximum absolute atomic E-state index is 12.7. The lowest BCUT2D eigenvalue weighted by Crippen LogP contribution is -3.08. The number of ether oxygens (including phenoxy) is 1. The number of aromatic hydroxyl groups is 1. The maximum atomic E-state index is 12.7. The molecular weight excluding hydrogens is 348 g/mol. The van der Waals surface area contributed by atoms with E-state index in [1.165, 1.54) is 29.2 Å². The molecule has 27 heavy (non-hydrogen) atoms. The minimum absolute atomic E-state index is 0.0525. The van der Waals surface area contributed by atoms with E-state index in [2.05, 4.69) is 0 Å². The second-order valence-corrected chi connectivity index (χ2v) is 6.87. The first-order valence-electron chi connectivity index (χ1n) is 8.90. The normalized spacial score (nSPS) is 17.9. The van der Waals surface area contributed by atoms with Crippen LogP contribution in [0.25, 0.3) is 6.08 Å². The SMILES string of the molecule is O=C1/C(=C/c2cccc([N+](=O)[O-])c2)Oc2c1ccc(O)c2C[NH+]1CCCC1. The first kappa shape index (κ1) is 17.2. The molecule has 0 unspecified atom stereocenters. The number of nitrogens with one attached hydrogen (secondary N) is 1. The molecule has 0 amide bonds. The van der Waals surface area contributed by atoms with Crippen molar-refractivity contribution in [1.29, 1.82) is 0 Å². The van der Waals surface area contributed by atoms with Gasteiger partial charge in [0, 0.05) is 25.0 Å². The van der Waals surface area contributed by atoms with Gasteiger partial charge in [-0.1, -0.05) is 12.1 Å². The Labute approximate surface area is 155 Å². The number of carbonyl (C=O) groups is 1. The van der Waals surface area contributed by atoms with E-state index in [0.29, 0.717) is 29.0 Å². The first-order valence-corrected chi connectivity index (χ1v) is 8.90. The molecule has 7 heteroatoms. The lowest BCUT2D eigenvalue weighted by molar-refractivity contribution is -0.901. The molecule has 2 aliphatic heterocycles. The smallest absolute Gasteiger partial charge is 0.270 e. The van der Waals surface area contributed by atoms with Crippen molar-refractivity contribution in [3.8, 4) is 11.5 Å². The number of quaternary nitrogens is 1. The van der Waals surface area contributed by atoms with Crippen molar-refractivity contribution < 1.29 is 24.5 Å². The van der Waals surface area contributed by atoms with Crippen LogP contribution in [0.4, 0.5) is 5.69 Å². The number of fused-ring (bicyclic) bond motifs is 1. The second kappa shape index (κ2) is 6.85. The summed E-state index contributed by atoms with van der Waals surface area (Å²) in [5.74, 6) is 0.344. The topological polar surface area (TPSA) is 94.1 Å². The van der Waals surface area contributed by atoms with E-state index in [-0.39, 0.29) is 23.0 Å². The number of nitro groups is 1. The highest BCUT2D eigenvalue weighted by atomic mass is 16.6. The number of hydrogen-bond acceptors (Lipinski definition) is 5. The molecule has 2 aliphatic rings. The Kier molecular flexibility index (Phi) is 4.37. The molecule has 1 saturated heterocycles. The monoisotopic (exact) mass is 367 g/mol. The first-order chi connectivity index (χ1) is 13.0. The quantitative estimate of drug-likeness (QED) is 0.490. The van der Waals surface area contributed by atoms with E-state index >= 15 is 0 Å². The summed E-state index contributed by atoms with van der Waals surface area (Å²) in [5, 5.41) is 21.2. The fourth-order valence-electron chi connectivity index (χ4n) is 3.65. The van der Waals surface area contributed by atoms with Crippen molar-refractivity contribution in [2.24, 2.45) is 0 Å². The Morgan fingerprint density at radius 2 is 2.00 bits per heavy atom. The minimum Gasteiger partial charge on any atom is -0.507 e. The van der Waals surface area contributed by atoms with Crippen LogP contribution in [0.1, 0.15) is 34.3 Å². The van der Waals surface area contributed by atoms with Crippen LogP contribution < -0.4 is 9.64 Å². The zero-order valence-electron chi connectivity index (χ0n) is 14.6.